The van der Waals surface area contributed by atoms with Crippen LogP contribution in [-0.4, -0.2) is 55.7 Å². The summed E-state index contributed by atoms with van der Waals surface area (Å²) in [5.41, 5.74) is 2.65. The summed E-state index contributed by atoms with van der Waals surface area (Å²) in [6.45, 7) is 4.12. The van der Waals surface area contributed by atoms with E-state index < -0.39 is 0 Å². The van der Waals surface area contributed by atoms with Crippen molar-refractivity contribution < 1.29 is 0 Å². The topological polar surface area (TPSA) is 99.1 Å². The number of nitrogens with zero attached hydrogens (tertiary/aromatic N) is 6. The Bertz CT molecular complexity index is 1060. The van der Waals surface area contributed by atoms with Crippen molar-refractivity contribution in [2.45, 2.75) is 6.54 Å². The number of nitrogens with one attached hydrogen (secondary N) is 3. The molecule has 27 heavy (non-hydrogen) atoms. The maximum atomic E-state index is 4.74. The van der Waals surface area contributed by atoms with Gasteiger partial charge in [-0.05, 0) is 28.1 Å². The number of fused-ring (bicyclic) bond motifs is 2. The number of benzene rings is 1. The number of H-pyrrole nitrogens is 1. The summed E-state index contributed by atoms with van der Waals surface area (Å²) in [7, 11) is 0. The average Bonchev–Trinajstić information content (AvgIpc) is 3.30. The number of aromatic nitrogens is 6. The zero-order chi connectivity index (χ0) is 18.2. The highest BCUT2D eigenvalue weighted by atomic mass is 79.9. The summed E-state index contributed by atoms with van der Waals surface area (Å²) < 4.78 is 2.56. The quantitative estimate of drug-likeness (QED) is 0.456. The number of piperazine rings is 1. The molecule has 1 aliphatic rings. The third kappa shape index (κ3) is 3.10. The first-order valence-corrected chi connectivity index (χ1v) is 9.62. The van der Waals surface area contributed by atoms with Crippen LogP contribution in [0.1, 0.15) is 5.82 Å². The largest absolute Gasteiger partial charge is 0.360 e. The zero-order valence-electron chi connectivity index (χ0n) is 14.5. The molecule has 0 spiro atoms. The molecule has 1 saturated heterocycles. The molecule has 0 radical (unpaired) electrons. The van der Waals surface area contributed by atoms with Crippen LogP contribution in [-0.2, 0) is 6.54 Å². The number of halogens is 1. The summed E-state index contributed by atoms with van der Waals surface area (Å²) in [6, 6.07) is 7.99. The van der Waals surface area contributed by atoms with Gasteiger partial charge in [0.05, 0.1) is 23.8 Å². The molecule has 1 aromatic carbocycles. The van der Waals surface area contributed by atoms with Gasteiger partial charge in [-0.25, -0.2) is 9.97 Å². The first kappa shape index (κ1) is 16.5. The SMILES string of the molecule is Brc1cnc2c(NCc3nc4ccccc4[nH]3)nc(N3CCNCC3)nn12. The van der Waals surface area contributed by atoms with E-state index in [1.54, 1.807) is 10.7 Å². The van der Waals surface area contributed by atoms with Gasteiger partial charge in [-0.1, -0.05) is 12.1 Å². The molecule has 3 N–H and O–H groups in total. The van der Waals surface area contributed by atoms with Crippen LogP contribution in [0.5, 0.6) is 0 Å². The summed E-state index contributed by atoms with van der Waals surface area (Å²) in [6.07, 6.45) is 1.73. The van der Waals surface area contributed by atoms with Crippen molar-refractivity contribution in [3.05, 3.63) is 40.9 Å². The zero-order valence-corrected chi connectivity index (χ0v) is 16.1. The molecular formula is C17H18BrN9. The molecule has 1 fully saturated rings. The van der Waals surface area contributed by atoms with Gasteiger partial charge in [-0.2, -0.15) is 9.50 Å². The first-order valence-electron chi connectivity index (χ1n) is 8.82. The Morgan fingerprint density at radius 3 is 2.85 bits per heavy atom. The number of aromatic amines is 1. The fourth-order valence-corrected chi connectivity index (χ4v) is 3.57. The summed E-state index contributed by atoms with van der Waals surface area (Å²) >= 11 is 3.51. The summed E-state index contributed by atoms with van der Waals surface area (Å²) in [5, 5.41) is 11.4. The van der Waals surface area contributed by atoms with E-state index in [9.17, 15) is 0 Å². The van der Waals surface area contributed by atoms with E-state index in [2.05, 4.69) is 51.5 Å². The average molecular weight is 428 g/mol. The third-order valence-electron chi connectivity index (χ3n) is 4.57. The van der Waals surface area contributed by atoms with Crippen LogP contribution in [0, 0.1) is 0 Å². The van der Waals surface area contributed by atoms with Crippen LogP contribution in [0.4, 0.5) is 11.8 Å². The van der Waals surface area contributed by atoms with E-state index in [1.165, 1.54) is 0 Å². The minimum atomic E-state index is 0.521. The van der Waals surface area contributed by atoms with Crippen molar-refractivity contribution in [3.63, 3.8) is 0 Å². The van der Waals surface area contributed by atoms with Crippen LogP contribution in [0.25, 0.3) is 16.7 Å². The highest BCUT2D eigenvalue weighted by Gasteiger charge is 2.18. The smallest absolute Gasteiger partial charge is 0.245 e. The first-order chi connectivity index (χ1) is 13.3. The molecule has 0 bridgehead atoms. The molecular weight excluding hydrogens is 410 g/mol. The summed E-state index contributed by atoms with van der Waals surface area (Å²) in [5.74, 6) is 2.22. The van der Waals surface area contributed by atoms with Crippen molar-refractivity contribution in [2.75, 3.05) is 36.4 Å². The van der Waals surface area contributed by atoms with E-state index in [0.717, 1.165) is 47.6 Å². The third-order valence-corrected chi connectivity index (χ3v) is 5.11. The van der Waals surface area contributed by atoms with Gasteiger partial charge in [0.25, 0.3) is 0 Å². The highest BCUT2D eigenvalue weighted by Crippen LogP contribution is 2.22. The molecule has 4 heterocycles. The Kier molecular flexibility index (Phi) is 4.13. The second-order valence-electron chi connectivity index (χ2n) is 6.37. The minimum Gasteiger partial charge on any atom is -0.360 e. The standard InChI is InChI=1S/C17H18BrN9/c18-13-9-21-16-15(20-10-14-22-11-3-1-2-4-12(11)23-14)24-17(25-27(13)16)26-7-5-19-6-8-26/h1-4,9,19H,5-8,10H2,(H,22,23)(H,20,24,25). The molecule has 1 aliphatic heterocycles. The predicted molar refractivity (Wildman–Crippen MR) is 107 cm³/mol. The van der Waals surface area contributed by atoms with Crippen molar-refractivity contribution in [1.29, 1.82) is 0 Å². The van der Waals surface area contributed by atoms with E-state index in [0.29, 0.717) is 24.0 Å². The van der Waals surface area contributed by atoms with Crippen LogP contribution in [0.2, 0.25) is 0 Å². The fraction of sp³-hybridized carbons (Fsp3) is 0.294. The van der Waals surface area contributed by atoms with Gasteiger partial charge < -0.3 is 20.5 Å². The van der Waals surface area contributed by atoms with E-state index in [1.807, 2.05) is 24.3 Å². The van der Waals surface area contributed by atoms with Crippen molar-refractivity contribution >= 4 is 44.4 Å². The summed E-state index contributed by atoms with van der Waals surface area (Å²) in [4.78, 5) is 19.3. The van der Waals surface area contributed by atoms with Crippen LogP contribution in [0.15, 0.2) is 35.1 Å². The molecule has 3 aromatic heterocycles. The van der Waals surface area contributed by atoms with Crippen LogP contribution >= 0.6 is 15.9 Å². The Morgan fingerprint density at radius 2 is 2.00 bits per heavy atom. The van der Waals surface area contributed by atoms with Gasteiger partial charge in [-0.15, -0.1) is 5.10 Å². The normalized spacial score (nSPS) is 14.9. The van der Waals surface area contributed by atoms with E-state index in [4.69, 9.17) is 4.98 Å². The molecule has 10 heteroatoms. The van der Waals surface area contributed by atoms with Gasteiger partial charge in [0.15, 0.2) is 11.5 Å². The maximum Gasteiger partial charge on any atom is 0.245 e. The number of para-hydroxylation sites is 2. The Balaban J connectivity index is 1.47. The Hall–Kier alpha value is -2.72. The second kappa shape index (κ2) is 6.78. The lowest BCUT2D eigenvalue weighted by Crippen LogP contribution is -2.44. The molecule has 0 saturated carbocycles. The molecule has 0 atom stereocenters. The van der Waals surface area contributed by atoms with Crippen molar-refractivity contribution in [2.24, 2.45) is 0 Å². The van der Waals surface area contributed by atoms with E-state index in [-0.39, 0.29) is 0 Å². The molecule has 138 valence electrons. The van der Waals surface area contributed by atoms with E-state index >= 15 is 0 Å². The molecule has 9 nitrogen and oxygen atoms in total. The lowest BCUT2D eigenvalue weighted by Gasteiger charge is -2.27. The monoisotopic (exact) mass is 427 g/mol. The highest BCUT2D eigenvalue weighted by molar-refractivity contribution is 9.10. The molecule has 0 amide bonds. The van der Waals surface area contributed by atoms with Gasteiger partial charge >= 0.3 is 0 Å². The molecule has 5 rings (SSSR count). The van der Waals surface area contributed by atoms with Gasteiger partial charge in [0, 0.05) is 26.2 Å². The fourth-order valence-electron chi connectivity index (χ4n) is 3.22. The van der Waals surface area contributed by atoms with Gasteiger partial charge in [0.2, 0.25) is 5.95 Å². The number of hydrogen-bond donors (Lipinski definition) is 3. The van der Waals surface area contributed by atoms with Crippen molar-refractivity contribution in [1.82, 2.24) is 34.9 Å². The van der Waals surface area contributed by atoms with Crippen LogP contribution < -0.4 is 15.5 Å². The maximum absolute atomic E-state index is 4.74. The molecule has 0 unspecified atom stereocenters. The lowest BCUT2D eigenvalue weighted by molar-refractivity contribution is 0.575. The number of imidazole rings is 2. The molecule has 0 aliphatic carbocycles. The Morgan fingerprint density at radius 1 is 1.15 bits per heavy atom. The number of hydrogen-bond acceptors (Lipinski definition) is 7. The number of anilines is 2. The number of rotatable bonds is 4. The van der Waals surface area contributed by atoms with Crippen LogP contribution in [0.3, 0.4) is 0 Å². The predicted octanol–water partition coefficient (Wildman–Crippen LogP) is 1.78. The Labute approximate surface area is 163 Å². The van der Waals surface area contributed by atoms with Gasteiger partial charge in [-0.3, -0.25) is 0 Å². The minimum absolute atomic E-state index is 0.521. The molecule has 4 aromatic rings. The second-order valence-corrected chi connectivity index (χ2v) is 7.18. The van der Waals surface area contributed by atoms with Gasteiger partial charge in [0.1, 0.15) is 10.4 Å². The lowest BCUT2D eigenvalue weighted by atomic mass is 10.3. The van der Waals surface area contributed by atoms with Crippen molar-refractivity contribution in [3.8, 4) is 0 Å².